The second kappa shape index (κ2) is 8.35. The predicted molar refractivity (Wildman–Crippen MR) is 114 cm³/mol. The summed E-state index contributed by atoms with van der Waals surface area (Å²) >= 11 is 0. The van der Waals surface area contributed by atoms with Crippen molar-refractivity contribution in [3.05, 3.63) is 40.1 Å². The Labute approximate surface area is 173 Å². The van der Waals surface area contributed by atoms with Crippen LogP contribution < -0.4 is 10.1 Å². The van der Waals surface area contributed by atoms with E-state index >= 15 is 0 Å². The summed E-state index contributed by atoms with van der Waals surface area (Å²) in [5.74, 6) is 1.31. The summed E-state index contributed by atoms with van der Waals surface area (Å²) in [6.45, 7) is 15.3. The van der Waals surface area contributed by atoms with E-state index < -0.39 is 0 Å². The monoisotopic (exact) mass is 397 g/mol. The van der Waals surface area contributed by atoms with Gasteiger partial charge in [0.15, 0.2) is 0 Å². The highest BCUT2D eigenvalue weighted by Crippen LogP contribution is 2.36. The first kappa shape index (κ1) is 21.0. The van der Waals surface area contributed by atoms with Crippen molar-refractivity contribution in [2.24, 2.45) is 4.99 Å². The third kappa shape index (κ3) is 4.49. The third-order valence-electron chi connectivity index (χ3n) is 5.56. The van der Waals surface area contributed by atoms with Crippen molar-refractivity contribution in [2.45, 2.75) is 66.0 Å². The van der Waals surface area contributed by atoms with Gasteiger partial charge in [0, 0.05) is 28.8 Å². The minimum atomic E-state index is -0.00591. The predicted octanol–water partition coefficient (Wildman–Crippen LogP) is 3.17. The van der Waals surface area contributed by atoms with Gasteiger partial charge in [-0.2, -0.15) is 0 Å². The van der Waals surface area contributed by atoms with Gasteiger partial charge < -0.3 is 15.0 Å². The first-order chi connectivity index (χ1) is 13.8. The zero-order valence-corrected chi connectivity index (χ0v) is 18.1. The number of fused-ring (bicyclic) bond motifs is 1. The smallest absolute Gasteiger partial charge is 0.254 e. The Morgan fingerprint density at radius 3 is 2.66 bits per heavy atom. The maximum absolute atomic E-state index is 13.5. The van der Waals surface area contributed by atoms with Gasteiger partial charge in [0.05, 0.1) is 18.8 Å². The average Bonchev–Trinajstić information content (AvgIpc) is 3.43. The Morgan fingerprint density at radius 1 is 1.34 bits per heavy atom. The molecule has 1 saturated carbocycles. The quantitative estimate of drug-likeness (QED) is 0.434. The van der Waals surface area contributed by atoms with E-state index in [9.17, 15) is 4.79 Å². The molecule has 1 amide bonds. The molecule has 7 heteroatoms. The van der Waals surface area contributed by atoms with Crippen molar-refractivity contribution in [2.75, 3.05) is 13.2 Å². The summed E-state index contributed by atoms with van der Waals surface area (Å²) in [7, 11) is 0. The molecule has 0 bridgehead atoms. The molecule has 1 aromatic heterocycles. The molecule has 1 fully saturated rings. The van der Waals surface area contributed by atoms with Gasteiger partial charge in [0.2, 0.25) is 5.88 Å². The fourth-order valence-corrected chi connectivity index (χ4v) is 3.63. The number of hydrogen-bond donors (Lipinski definition) is 1. The zero-order chi connectivity index (χ0) is 21.2. The van der Waals surface area contributed by atoms with Crippen LogP contribution in [0.2, 0.25) is 0 Å². The molecule has 0 saturated heterocycles. The first-order valence-electron chi connectivity index (χ1n) is 10.2. The lowest BCUT2D eigenvalue weighted by Gasteiger charge is -2.30. The van der Waals surface area contributed by atoms with Gasteiger partial charge in [-0.1, -0.05) is 5.57 Å². The maximum atomic E-state index is 13.5. The number of carbonyl (C=O) groups is 1. The van der Waals surface area contributed by atoms with Crippen molar-refractivity contribution >= 4 is 12.6 Å². The first-order valence-corrected chi connectivity index (χ1v) is 10.2. The van der Waals surface area contributed by atoms with Crippen molar-refractivity contribution in [3.8, 4) is 5.88 Å². The molecule has 0 radical (unpaired) electrons. The summed E-state index contributed by atoms with van der Waals surface area (Å²) < 4.78 is 5.62. The lowest BCUT2D eigenvalue weighted by atomic mass is 9.98. The van der Waals surface area contributed by atoms with E-state index in [2.05, 4.69) is 33.9 Å². The summed E-state index contributed by atoms with van der Waals surface area (Å²) in [6, 6.07) is 0. The summed E-state index contributed by atoms with van der Waals surface area (Å²) in [5.41, 5.74) is 4.39. The second-order valence-electron chi connectivity index (χ2n) is 8.21. The summed E-state index contributed by atoms with van der Waals surface area (Å²) in [4.78, 5) is 28.1. The van der Waals surface area contributed by atoms with Crippen LogP contribution in [0.3, 0.4) is 0 Å². The third-order valence-corrected chi connectivity index (χ3v) is 5.56. The highest BCUT2D eigenvalue weighted by Gasteiger charge is 2.38. The SMILES string of the molecule is C=N/C(NC1(C)CC1)=C(\C)C(C(=O)N1CCc2c(ncnc2OCC)C1)=C(C)C. The van der Waals surface area contributed by atoms with Crippen LogP contribution in [-0.4, -0.2) is 46.2 Å². The van der Waals surface area contributed by atoms with Crippen molar-refractivity contribution < 1.29 is 9.53 Å². The molecule has 0 aromatic carbocycles. The lowest BCUT2D eigenvalue weighted by molar-refractivity contribution is -0.127. The molecule has 2 aliphatic rings. The van der Waals surface area contributed by atoms with E-state index in [1.807, 2.05) is 32.6 Å². The number of nitrogens with one attached hydrogen (secondary N) is 1. The molecule has 7 nitrogen and oxygen atoms in total. The Bertz CT molecular complexity index is 879. The van der Waals surface area contributed by atoms with E-state index in [4.69, 9.17) is 4.74 Å². The van der Waals surface area contributed by atoms with E-state index in [-0.39, 0.29) is 11.4 Å². The molecule has 1 aliphatic carbocycles. The Balaban J connectivity index is 1.86. The van der Waals surface area contributed by atoms with Crippen molar-refractivity contribution in [1.29, 1.82) is 0 Å². The normalized spacial score (nSPS) is 17.6. The molecule has 0 unspecified atom stereocenters. The van der Waals surface area contributed by atoms with Gasteiger partial charge in [-0.15, -0.1) is 0 Å². The summed E-state index contributed by atoms with van der Waals surface area (Å²) in [5, 5.41) is 3.46. The molecular formula is C22H31N5O2. The number of carbonyl (C=O) groups excluding carboxylic acids is 1. The Hall–Kier alpha value is -2.70. The molecule has 3 rings (SSSR count). The lowest BCUT2D eigenvalue weighted by Crippen LogP contribution is -2.38. The van der Waals surface area contributed by atoms with E-state index in [0.29, 0.717) is 43.4 Å². The van der Waals surface area contributed by atoms with Crippen LogP contribution in [0.15, 0.2) is 33.9 Å². The number of amides is 1. The molecule has 0 atom stereocenters. The van der Waals surface area contributed by atoms with Gasteiger partial charge in [-0.3, -0.25) is 4.79 Å². The average molecular weight is 398 g/mol. The number of hydrogen-bond acceptors (Lipinski definition) is 6. The number of allylic oxidation sites excluding steroid dienone is 1. The largest absolute Gasteiger partial charge is 0.478 e. The minimum Gasteiger partial charge on any atom is -0.478 e. The molecule has 2 heterocycles. The molecular weight excluding hydrogens is 366 g/mol. The van der Waals surface area contributed by atoms with Gasteiger partial charge in [0.25, 0.3) is 5.91 Å². The fourth-order valence-electron chi connectivity index (χ4n) is 3.63. The molecule has 0 spiro atoms. The molecule has 156 valence electrons. The maximum Gasteiger partial charge on any atom is 0.254 e. The van der Waals surface area contributed by atoms with Crippen LogP contribution in [0.1, 0.15) is 58.7 Å². The van der Waals surface area contributed by atoms with Gasteiger partial charge >= 0.3 is 0 Å². The van der Waals surface area contributed by atoms with Crippen LogP contribution in [0.25, 0.3) is 0 Å². The topological polar surface area (TPSA) is 79.7 Å². The highest BCUT2D eigenvalue weighted by atomic mass is 16.5. The highest BCUT2D eigenvalue weighted by molar-refractivity contribution is 5.98. The van der Waals surface area contributed by atoms with E-state index in [1.165, 1.54) is 6.33 Å². The van der Waals surface area contributed by atoms with Gasteiger partial charge in [-0.25, -0.2) is 15.0 Å². The molecule has 1 aliphatic heterocycles. The van der Waals surface area contributed by atoms with E-state index in [0.717, 1.165) is 35.2 Å². The zero-order valence-electron chi connectivity index (χ0n) is 18.1. The van der Waals surface area contributed by atoms with Crippen molar-refractivity contribution in [1.82, 2.24) is 20.2 Å². The molecule has 1 N–H and O–H groups in total. The Kier molecular flexibility index (Phi) is 6.05. The Morgan fingerprint density at radius 2 is 2.07 bits per heavy atom. The van der Waals surface area contributed by atoms with Gasteiger partial charge in [-0.05, 0) is 60.6 Å². The fraction of sp³-hybridized carbons (Fsp3) is 0.545. The number of nitrogens with zero attached hydrogens (tertiary/aromatic N) is 4. The number of ether oxygens (including phenoxy) is 1. The van der Waals surface area contributed by atoms with Gasteiger partial charge in [0.1, 0.15) is 12.1 Å². The van der Waals surface area contributed by atoms with Crippen LogP contribution in [0.5, 0.6) is 5.88 Å². The van der Waals surface area contributed by atoms with Crippen LogP contribution in [0.4, 0.5) is 0 Å². The van der Waals surface area contributed by atoms with Crippen LogP contribution in [0, 0.1) is 0 Å². The van der Waals surface area contributed by atoms with Crippen LogP contribution in [-0.2, 0) is 17.8 Å². The van der Waals surface area contributed by atoms with Crippen LogP contribution >= 0.6 is 0 Å². The van der Waals surface area contributed by atoms with Crippen molar-refractivity contribution in [3.63, 3.8) is 0 Å². The number of aliphatic imine (C=N–C) groups is 1. The summed E-state index contributed by atoms with van der Waals surface area (Å²) in [6.07, 6.45) is 4.38. The van der Waals surface area contributed by atoms with E-state index in [1.54, 1.807) is 0 Å². The molecule has 29 heavy (non-hydrogen) atoms. The number of aromatic nitrogens is 2. The minimum absolute atomic E-state index is 0.00591. The second-order valence-corrected chi connectivity index (χ2v) is 8.21. The number of rotatable bonds is 7. The standard InChI is InChI=1S/C22H31N5O2/c1-7-29-20-16-8-11-27(12-17(16)24-13-25-20)21(28)18(14(2)3)15(4)19(23-6)26-22(5)9-10-22/h13,26H,6-12H2,1-5H3/b19-15-. The molecule has 1 aromatic rings.